The Kier molecular flexibility index (Phi) is 6.67. The highest BCUT2D eigenvalue weighted by atomic mass is 28.4. The van der Waals surface area contributed by atoms with Gasteiger partial charge in [0, 0.05) is 0 Å². The van der Waals surface area contributed by atoms with Gasteiger partial charge in [0.1, 0.15) is 20.1 Å². The van der Waals surface area contributed by atoms with Gasteiger partial charge in [-0.25, -0.2) is 0 Å². The van der Waals surface area contributed by atoms with Crippen LogP contribution in [0.3, 0.4) is 0 Å². The first-order valence-electron chi connectivity index (χ1n) is 9.15. The molecule has 0 bridgehead atoms. The second-order valence-corrected chi connectivity index (χ2v) is 19.8. The average Bonchev–Trinajstić information content (AvgIpc) is 2.63. The van der Waals surface area contributed by atoms with Gasteiger partial charge in [0.05, 0.1) is 18.7 Å². The van der Waals surface area contributed by atoms with Gasteiger partial charge in [-0.05, 0) is 36.3 Å². The summed E-state index contributed by atoms with van der Waals surface area (Å²) in [6, 6.07) is -0.0638. The molecule has 24 heavy (non-hydrogen) atoms. The Bertz CT molecular complexity index is 429. The van der Waals surface area contributed by atoms with E-state index < -0.39 is 16.6 Å². The van der Waals surface area contributed by atoms with E-state index in [1.54, 1.807) is 0 Å². The molecule has 0 spiro atoms. The Morgan fingerprint density at radius 2 is 1.25 bits per heavy atom. The summed E-state index contributed by atoms with van der Waals surface area (Å²) >= 11 is 0. The fraction of sp³-hybridized carbons (Fsp3) is 1.00. The zero-order chi connectivity index (χ0) is 19.1. The molecule has 142 valence electrons. The molecule has 1 saturated heterocycles. The quantitative estimate of drug-likeness (QED) is 0.751. The highest BCUT2D eigenvalue weighted by Crippen LogP contribution is 2.43. The van der Waals surface area contributed by atoms with E-state index in [0.29, 0.717) is 0 Å². The number of ether oxygens (including phenoxy) is 1. The van der Waals surface area contributed by atoms with Crippen LogP contribution in [-0.4, -0.2) is 60.5 Å². The van der Waals surface area contributed by atoms with E-state index in [9.17, 15) is 5.11 Å². The van der Waals surface area contributed by atoms with Crippen molar-refractivity contribution >= 4 is 24.5 Å². The highest BCUT2D eigenvalue weighted by molar-refractivity contribution is 6.74. The second kappa shape index (κ2) is 7.16. The van der Waals surface area contributed by atoms with Crippen LogP contribution in [0.25, 0.3) is 0 Å². The predicted molar refractivity (Wildman–Crippen MR) is 108 cm³/mol. The molecule has 0 unspecified atom stereocenters. The lowest BCUT2D eigenvalue weighted by molar-refractivity contribution is -0.00269. The summed E-state index contributed by atoms with van der Waals surface area (Å²) in [6.45, 7) is 22.4. The number of rotatable bonds is 5. The van der Waals surface area contributed by atoms with Crippen LogP contribution < -0.4 is 0 Å². The first kappa shape index (κ1) is 22.4. The van der Waals surface area contributed by atoms with Crippen LogP contribution in [0.5, 0.6) is 0 Å². The number of aliphatic hydroxyl groups is 1. The van der Waals surface area contributed by atoms with Crippen molar-refractivity contribution in [1.29, 1.82) is 0 Å². The van der Waals surface area contributed by atoms with Crippen molar-refractivity contribution in [2.45, 2.75) is 102 Å². The summed E-state index contributed by atoms with van der Waals surface area (Å²) in [6.07, 6.45) is -0.610. The fourth-order valence-corrected chi connectivity index (χ4v) is 5.08. The van der Waals surface area contributed by atoms with E-state index >= 15 is 0 Å². The van der Waals surface area contributed by atoms with Crippen LogP contribution in [0.2, 0.25) is 36.3 Å². The maximum Gasteiger partial charge on any atom is 0.192 e. The average molecular weight is 374 g/mol. The summed E-state index contributed by atoms with van der Waals surface area (Å²) in [5.74, 6) is 0. The summed E-state index contributed by atoms with van der Waals surface area (Å²) in [5.41, 5.74) is 0. The molecular weight excluding hydrogens is 335 g/mol. The third kappa shape index (κ3) is 4.74. The van der Waals surface area contributed by atoms with E-state index in [2.05, 4.69) is 67.7 Å². The summed E-state index contributed by atoms with van der Waals surface area (Å²) < 4.78 is 19.3. The Balaban J connectivity index is 3.08. The van der Waals surface area contributed by atoms with Gasteiger partial charge in [0.25, 0.3) is 0 Å². The van der Waals surface area contributed by atoms with E-state index in [-0.39, 0.29) is 41.0 Å². The van der Waals surface area contributed by atoms with Crippen molar-refractivity contribution in [3.05, 3.63) is 0 Å². The molecule has 0 aromatic rings. The van der Waals surface area contributed by atoms with E-state index in [4.69, 9.17) is 13.6 Å². The van der Waals surface area contributed by atoms with Crippen LogP contribution in [0.15, 0.2) is 0 Å². The molecule has 4 nitrogen and oxygen atoms in total. The largest absolute Gasteiger partial charge is 0.409 e. The molecule has 4 atom stereocenters. The maximum absolute atomic E-state index is 9.80. The Morgan fingerprint density at radius 1 is 0.875 bits per heavy atom. The van der Waals surface area contributed by atoms with Gasteiger partial charge in [0.15, 0.2) is 16.6 Å². The minimum atomic E-state index is -1.98. The molecule has 1 rings (SSSR count). The van der Waals surface area contributed by atoms with E-state index in [1.807, 2.05) is 7.85 Å². The topological polar surface area (TPSA) is 47.9 Å². The number of hydrogen-bond donors (Lipinski definition) is 1. The van der Waals surface area contributed by atoms with Crippen LogP contribution >= 0.6 is 0 Å². The Labute approximate surface area is 152 Å². The molecule has 0 saturated carbocycles. The first-order valence-corrected chi connectivity index (χ1v) is 15.0. The molecular formula is C17H39BO4Si2. The molecule has 1 aliphatic heterocycles. The molecule has 0 radical (unpaired) electrons. The Hall–Kier alpha value is 0.339. The minimum Gasteiger partial charge on any atom is -0.409 e. The molecule has 0 aromatic heterocycles. The smallest absolute Gasteiger partial charge is 0.192 e. The van der Waals surface area contributed by atoms with Crippen LogP contribution in [0.1, 0.15) is 41.5 Å². The number of aliphatic hydroxyl groups excluding tert-OH is 1. The lowest BCUT2D eigenvalue weighted by Gasteiger charge is -2.44. The van der Waals surface area contributed by atoms with Gasteiger partial charge in [0.2, 0.25) is 0 Å². The molecule has 0 aliphatic carbocycles. The second-order valence-electron chi connectivity index (χ2n) is 10.2. The lowest BCUT2D eigenvalue weighted by Crippen LogP contribution is -2.54. The molecule has 1 fully saturated rings. The van der Waals surface area contributed by atoms with Crippen LogP contribution in [-0.2, 0) is 13.6 Å². The molecule has 7 heteroatoms. The SMILES string of the molecule is B[C@@H]1O[C@H](CO)[C@@H](O[Si](C)(C)C(C)(C)C)[C@H]1O[Si](C)(C)C(C)(C)C. The highest BCUT2D eigenvalue weighted by Gasteiger charge is 2.51. The van der Waals surface area contributed by atoms with Crippen molar-refractivity contribution in [3.63, 3.8) is 0 Å². The lowest BCUT2D eigenvalue weighted by atomic mass is 9.93. The minimum absolute atomic E-state index is 0.0268. The molecule has 0 aromatic carbocycles. The van der Waals surface area contributed by atoms with E-state index in [0.717, 1.165) is 0 Å². The molecule has 1 heterocycles. The van der Waals surface area contributed by atoms with Crippen molar-refractivity contribution in [2.75, 3.05) is 6.61 Å². The van der Waals surface area contributed by atoms with Gasteiger partial charge in [-0.1, -0.05) is 41.5 Å². The maximum atomic E-state index is 9.80. The monoisotopic (exact) mass is 374 g/mol. The van der Waals surface area contributed by atoms with Crippen LogP contribution in [0, 0.1) is 0 Å². The Morgan fingerprint density at radius 3 is 1.58 bits per heavy atom. The predicted octanol–water partition coefficient (Wildman–Crippen LogP) is 3.12. The summed E-state index contributed by atoms with van der Waals surface area (Å²) in [5, 5.41) is 10.0. The third-order valence-electron chi connectivity index (χ3n) is 6.20. The standard InChI is InChI=1S/C17H39BO4Si2/c1-16(2,3)23(7,8)21-13-12(11-19)20-15(18)14(13)22-24(9,10)17(4,5)6/h12-15,19H,11,18H2,1-10H3/t12-,13-,14-,15-/m1/s1. The summed E-state index contributed by atoms with van der Waals surface area (Å²) in [7, 11) is -1.88. The van der Waals surface area contributed by atoms with Gasteiger partial charge in [-0.3, -0.25) is 0 Å². The van der Waals surface area contributed by atoms with Crippen molar-refractivity contribution in [2.24, 2.45) is 0 Å². The van der Waals surface area contributed by atoms with Crippen molar-refractivity contribution in [3.8, 4) is 0 Å². The number of hydrogen-bond acceptors (Lipinski definition) is 4. The van der Waals surface area contributed by atoms with Crippen molar-refractivity contribution in [1.82, 2.24) is 0 Å². The third-order valence-corrected chi connectivity index (χ3v) is 15.1. The summed E-state index contributed by atoms with van der Waals surface area (Å²) in [4.78, 5) is 0. The van der Waals surface area contributed by atoms with Gasteiger partial charge < -0.3 is 18.7 Å². The van der Waals surface area contributed by atoms with Gasteiger partial charge in [-0.15, -0.1) is 0 Å². The van der Waals surface area contributed by atoms with Crippen molar-refractivity contribution < 1.29 is 18.7 Å². The molecule has 0 amide bonds. The first-order chi connectivity index (χ1) is 10.5. The van der Waals surface area contributed by atoms with Gasteiger partial charge >= 0.3 is 0 Å². The zero-order valence-electron chi connectivity index (χ0n) is 17.7. The fourth-order valence-electron chi connectivity index (χ4n) is 2.40. The van der Waals surface area contributed by atoms with Gasteiger partial charge in [-0.2, -0.15) is 0 Å². The normalized spacial score (nSPS) is 30.0. The van der Waals surface area contributed by atoms with Crippen LogP contribution in [0.4, 0.5) is 0 Å². The molecule has 1 N–H and O–H groups in total. The van der Waals surface area contributed by atoms with E-state index in [1.165, 1.54) is 0 Å². The zero-order valence-corrected chi connectivity index (χ0v) is 19.7. The molecule has 1 aliphatic rings.